The molecule has 2 aromatic rings. The van der Waals surface area contributed by atoms with Crippen molar-refractivity contribution < 1.29 is 14.1 Å². The summed E-state index contributed by atoms with van der Waals surface area (Å²) in [5.74, 6) is 1.05. The maximum Gasteiger partial charge on any atom is 0.410 e. The molecule has 0 aliphatic carbocycles. The summed E-state index contributed by atoms with van der Waals surface area (Å²) in [4.78, 5) is 18.0. The highest BCUT2D eigenvalue weighted by Crippen LogP contribution is 2.20. The fourth-order valence-corrected chi connectivity index (χ4v) is 2.29. The molecule has 1 aromatic heterocycles. The monoisotopic (exact) mass is 299 g/mol. The largest absolute Gasteiger partial charge is 0.445 e. The van der Waals surface area contributed by atoms with Crippen molar-refractivity contribution in [2.24, 2.45) is 0 Å². The van der Waals surface area contributed by atoms with E-state index in [1.807, 2.05) is 36.4 Å². The zero-order valence-corrected chi connectivity index (χ0v) is 12.4. The number of aryl methyl sites for hydroxylation is 1. The van der Waals surface area contributed by atoms with Crippen LogP contribution in [-0.2, 0) is 11.3 Å². The fourth-order valence-electron chi connectivity index (χ4n) is 2.29. The van der Waals surface area contributed by atoms with Gasteiger partial charge in [0.2, 0.25) is 0 Å². The Bertz CT molecular complexity index is 679. The predicted molar refractivity (Wildman–Crippen MR) is 79.8 cm³/mol. The molecule has 6 heteroatoms. The van der Waals surface area contributed by atoms with Gasteiger partial charge in [-0.05, 0) is 18.9 Å². The molecule has 2 heterocycles. The molecule has 0 atom stereocenters. The summed E-state index contributed by atoms with van der Waals surface area (Å²) in [6, 6.07) is 9.62. The van der Waals surface area contributed by atoms with E-state index in [1.165, 1.54) is 0 Å². The number of ether oxygens (including phenoxy) is 1. The van der Waals surface area contributed by atoms with Gasteiger partial charge in [0, 0.05) is 12.1 Å². The number of carbonyl (C=O) groups excluding carboxylic acids is 1. The fraction of sp³-hybridized carbons (Fsp3) is 0.312. The number of nitrogens with zero attached hydrogens (tertiary/aromatic N) is 3. The van der Waals surface area contributed by atoms with Gasteiger partial charge in [-0.3, -0.25) is 0 Å². The van der Waals surface area contributed by atoms with Crippen LogP contribution in [0.15, 0.2) is 40.9 Å². The van der Waals surface area contributed by atoms with Crippen LogP contribution in [0.5, 0.6) is 0 Å². The van der Waals surface area contributed by atoms with Crippen molar-refractivity contribution in [3.05, 3.63) is 53.7 Å². The molecule has 0 radical (unpaired) electrons. The molecule has 22 heavy (non-hydrogen) atoms. The van der Waals surface area contributed by atoms with Crippen LogP contribution in [0.25, 0.3) is 5.57 Å². The maximum absolute atomic E-state index is 12.2. The number of benzene rings is 1. The Labute approximate surface area is 128 Å². The minimum atomic E-state index is -0.328. The first-order chi connectivity index (χ1) is 10.7. The highest BCUT2D eigenvalue weighted by atomic mass is 16.6. The molecule has 0 fully saturated rings. The second-order valence-corrected chi connectivity index (χ2v) is 5.13. The second kappa shape index (κ2) is 6.43. The molecule has 114 valence electrons. The van der Waals surface area contributed by atoms with Crippen molar-refractivity contribution >= 4 is 11.7 Å². The molecule has 0 saturated heterocycles. The summed E-state index contributed by atoms with van der Waals surface area (Å²) in [5.41, 5.74) is 1.83. The van der Waals surface area contributed by atoms with Gasteiger partial charge < -0.3 is 14.2 Å². The predicted octanol–water partition coefficient (Wildman–Crippen LogP) is 2.80. The van der Waals surface area contributed by atoms with Crippen LogP contribution in [0.4, 0.5) is 4.79 Å². The second-order valence-electron chi connectivity index (χ2n) is 5.13. The van der Waals surface area contributed by atoms with Gasteiger partial charge in [0.15, 0.2) is 5.82 Å². The first-order valence-electron chi connectivity index (χ1n) is 7.18. The lowest BCUT2D eigenvalue weighted by atomic mass is 10.1. The third-order valence-electron chi connectivity index (χ3n) is 3.42. The van der Waals surface area contributed by atoms with E-state index in [0.29, 0.717) is 24.8 Å². The lowest BCUT2D eigenvalue weighted by Gasteiger charge is -2.25. The molecule has 1 aliphatic heterocycles. The van der Waals surface area contributed by atoms with Crippen LogP contribution in [0.3, 0.4) is 0 Å². The summed E-state index contributed by atoms with van der Waals surface area (Å²) in [6.45, 7) is 3.09. The lowest BCUT2D eigenvalue weighted by molar-refractivity contribution is 0.100. The van der Waals surface area contributed by atoms with Gasteiger partial charge in [0.05, 0.1) is 6.54 Å². The smallest absolute Gasteiger partial charge is 0.410 e. The zero-order chi connectivity index (χ0) is 15.4. The highest BCUT2D eigenvalue weighted by Gasteiger charge is 2.22. The number of aromatic nitrogens is 2. The third kappa shape index (κ3) is 3.33. The Morgan fingerprint density at radius 2 is 2.18 bits per heavy atom. The minimum Gasteiger partial charge on any atom is -0.445 e. The quantitative estimate of drug-likeness (QED) is 0.871. The van der Waals surface area contributed by atoms with E-state index in [9.17, 15) is 4.79 Å². The van der Waals surface area contributed by atoms with Gasteiger partial charge in [-0.25, -0.2) is 4.79 Å². The molecule has 0 spiro atoms. The normalized spacial score (nSPS) is 14.6. The molecule has 1 amide bonds. The molecular formula is C16H17N3O3. The molecule has 0 N–H and O–H groups in total. The Morgan fingerprint density at radius 3 is 2.91 bits per heavy atom. The highest BCUT2D eigenvalue weighted by molar-refractivity contribution is 5.73. The zero-order valence-electron chi connectivity index (χ0n) is 12.4. The van der Waals surface area contributed by atoms with Gasteiger partial charge in [0.25, 0.3) is 5.89 Å². The first kappa shape index (κ1) is 14.3. The molecule has 0 bridgehead atoms. The van der Waals surface area contributed by atoms with E-state index >= 15 is 0 Å². The Morgan fingerprint density at radius 1 is 1.36 bits per heavy atom. The van der Waals surface area contributed by atoms with Crippen LogP contribution < -0.4 is 0 Å². The van der Waals surface area contributed by atoms with Gasteiger partial charge in [-0.1, -0.05) is 41.6 Å². The Kier molecular flexibility index (Phi) is 4.18. The van der Waals surface area contributed by atoms with Crippen molar-refractivity contribution in [3.63, 3.8) is 0 Å². The van der Waals surface area contributed by atoms with Gasteiger partial charge in [0.1, 0.15) is 6.61 Å². The topological polar surface area (TPSA) is 68.5 Å². The molecule has 0 unspecified atom stereocenters. The first-order valence-corrected chi connectivity index (χ1v) is 7.18. The summed E-state index contributed by atoms with van der Waals surface area (Å²) >= 11 is 0. The van der Waals surface area contributed by atoms with Gasteiger partial charge in [-0.2, -0.15) is 4.98 Å². The minimum absolute atomic E-state index is 0.273. The van der Waals surface area contributed by atoms with E-state index < -0.39 is 0 Å². The van der Waals surface area contributed by atoms with Crippen molar-refractivity contribution in [1.29, 1.82) is 0 Å². The average Bonchev–Trinajstić information content (AvgIpc) is 3.00. The summed E-state index contributed by atoms with van der Waals surface area (Å²) in [5, 5.41) is 3.78. The molecule has 3 rings (SSSR count). The third-order valence-corrected chi connectivity index (χ3v) is 3.42. The van der Waals surface area contributed by atoms with Crippen molar-refractivity contribution in [3.8, 4) is 0 Å². The molecule has 0 saturated carbocycles. The summed E-state index contributed by atoms with van der Waals surface area (Å²) in [7, 11) is 0. The molecule has 6 nitrogen and oxygen atoms in total. The van der Waals surface area contributed by atoms with Crippen LogP contribution in [-0.4, -0.2) is 34.2 Å². The van der Waals surface area contributed by atoms with E-state index in [-0.39, 0.29) is 12.7 Å². The van der Waals surface area contributed by atoms with E-state index in [4.69, 9.17) is 9.26 Å². The number of hydrogen-bond acceptors (Lipinski definition) is 5. The van der Waals surface area contributed by atoms with Crippen LogP contribution >= 0.6 is 0 Å². The van der Waals surface area contributed by atoms with E-state index in [1.54, 1.807) is 11.8 Å². The SMILES string of the molecule is Cc1noc(C2=CCCN(C(=O)OCc3ccccc3)C2)n1. The number of rotatable bonds is 3. The van der Waals surface area contributed by atoms with Crippen molar-refractivity contribution in [1.82, 2.24) is 15.0 Å². The molecule has 1 aromatic carbocycles. The summed E-state index contributed by atoms with van der Waals surface area (Å²) < 4.78 is 10.5. The van der Waals surface area contributed by atoms with Crippen LogP contribution in [0.2, 0.25) is 0 Å². The maximum atomic E-state index is 12.2. The Balaban J connectivity index is 1.59. The van der Waals surface area contributed by atoms with Gasteiger partial charge in [-0.15, -0.1) is 0 Å². The van der Waals surface area contributed by atoms with Crippen molar-refractivity contribution in [2.75, 3.05) is 13.1 Å². The molecule has 1 aliphatic rings. The van der Waals surface area contributed by atoms with Crippen LogP contribution in [0.1, 0.15) is 23.7 Å². The van der Waals surface area contributed by atoms with Crippen molar-refractivity contribution in [2.45, 2.75) is 20.0 Å². The summed E-state index contributed by atoms with van der Waals surface area (Å²) in [6.07, 6.45) is 2.44. The van der Waals surface area contributed by atoms with E-state index in [0.717, 1.165) is 17.6 Å². The van der Waals surface area contributed by atoms with Crippen LogP contribution in [0, 0.1) is 6.92 Å². The van der Waals surface area contributed by atoms with E-state index in [2.05, 4.69) is 10.1 Å². The number of carbonyl (C=O) groups is 1. The van der Waals surface area contributed by atoms with Gasteiger partial charge >= 0.3 is 6.09 Å². The number of hydrogen-bond donors (Lipinski definition) is 0. The lowest BCUT2D eigenvalue weighted by Crippen LogP contribution is -2.35. The Hall–Kier alpha value is -2.63. The molecular weight excluding hydrogens is 282 g/mol. The standard InChI is InChI=1S/C16H17N3O3/c1-12-17-15(22-18-12)14-8-5-9-19(10-14)16(20)21-11-13-6-3-2-4-7-13/h2-4,6-8H,5,9-11H2,1H3. The average molecular weight is 299 g/mol. The number of amides is 1.